The molecule has 1 aliphatic carbocycles. The summed E-state index contributed by atoms with van der Waals surface area (Å²) >= 11 is 0. The van der Waals surface area contributed by atoms with Gasteiger partial charge >= 0.3 is 5.97 Å². The highest BCUT2D eigenvalue weighted by Gasteiger charge is 2.33. The average Bonchev–Trinajstić information content (AvgIpc) is 3.04. The fourth-order valence-electron chi connectivity index (χ4n) is 1.80. The molecule has 0 atom stereocenters. The highest BCUT2D eigenvalue weighted by atomic mass is 16.4. The molecule has 0 radical (unpaired) electrons. The summed E-state index contributed by atoms with van der Waals surface area (Å²) < 4.78 is 0. The third-order valence-electron chi connectivity index (χ3n) is 2.86. The second kappa shape index (κ2) is 6.51. The van der Waals surface area contributed by atoms with Crippen molar-refractivity contribution in [1.29, 1.82) is 0 Å². The van der Waals surface area contributed by atoms with E-state index < -0.39 is 5.97 Å². The number of carbonyl (C=O) groups excluding carboxylic acids is 1. The molecule has 0 saturated heterocycles. The summed E-state index contributed by atoms with van der Waals surface area (Å²) in [6, 6.07) is 0.203. The maximum atomic E-state index is 11.8. The second-order valence-corrected chi connectivity index (χ2v) is 4.46. The Morgan fingerprint density at radius 1 is 1.25 bits per heavy atom. The van der Waals surface area contributed by atoms with Gasteiger partial charge in [0.15, 0.2) is 0 Å². The minimum absolute atomic E-state index is 0.0148. The predicted molar refractivity (Wildman–Crippen MR) is 61.1 cm³/mol. The zero-order valence-electron chi connectivity index (χ0n) is 9.95. The van der Waals surface area contributed by atoms with Crippen molar-refractivity contribution in [2.45, 2.75) is 57.9 Å². The van der Waals surface area contributed by atoms with E-state index in [1.54, 1.807) is 0 Å². The van der Waals surface area contributed by atoms with E-state index in [4.69, 9.17) is 5.11 Å². The van der Waals surface area contributed by atoms with Crippen LogP contribution < -0.4 is 0 Å². The van der Waals surface area contributed by atoms with E-state index in [2.05, 4.69) is 6.92 Å². The fourth-order valence-corrected chi connectivity index (χ4v) is 1.80. The van der Waals surface area contributed by atoms with Crippen LogP contribution in [0.5, 0.6) is 0 Å². The number of carbonyl (C=O) groups is 2. The standard InChI is InChI=1S/C12H21NO3/c1-2-3-4-5-6-11(14)13(9-12(15)16)10-7-8-10/h10H,2-9H2,1H3,(H,15,16). The smallest absolute Gasteiger partial charge is 0.323 e. The molecule has 1 rings (SSSR count). The molecule has 0 aromatic heterocycles. The first-order valence-corrected chi connectivity index (χ1v) is 6.16. The Morgan fingerprint density at radius 2 is 1.94 bits per heavy atom. The quantitative estimate of drug-likeness (QED) is 0.645. The van der Waals surface area contributed by atoms with Crippen LogP contribution in [-0.4, -0.2) is 34.5 Å². The van der Waals surface area contributed by atoms with Gasteiger partial charge in [-0.15, -0.1) is 0 Å². The Kier molecular flexibility index (Phi) is 5.29. The van der Waals surface area contributed by atoms with Gasteiger partial charge in [-0.2, -0.15) is 0 Å². The van der Waals surface area contributed by atoms with Crippen molar-refractivity contribution in [3.63, 3.8) is 0 Å². The van der Waals surface area contributed by atoms with E-state index in [1.165, 1.54) is 4.90 Å². The molecule has 0 aromatic carbocycles. The average molecular weight is 227 g/mol. The van der Waals surface area contributed by atoms with Crippen LogP contribution >= 0.6 is 0 Å². The van der Waals surface area contributed by atoms with Gasteiger partial charge < -0.3 is 10.0 Å². The molecule has 4 heteroatoms. The predicted octanol–water partition coefficient (Wildman–Crippen LogP) is 2.03. The summed E-state index contributed by atoms with van der Waals surface area (Å²) in [4.78, 5) is 24.0. The lowest BCUT2D eigenvalue weighted by Crippen LogP contribution is -2.37. The zero-order chi connectivity index (χ0) is 12.0. The highest BCUT2D eigenvalue weighted by Crippen LogP contribution is 2.27. The van der Waals surface area contributed by atoms with Crippen LogP contribution in [0.25, 0.3) is 0 Å². The molecule has 1 N–H and O–H groups in total. The molecular formula is C12H21NO3. The molecule has 0 spiro atoms. The first kappa shape index (κ1) is 13.0. The first-order valence-electron chi connectivity index (χ1n) is 6.16. The van der Waals surface area contributed by atoms with Gasteiger partial charge in [-0.1, -0.05) is 26.2 Å². The van der Waals surface area contributed by atoms with Gasteiger partial charge in [0.25, 0.3) is 0 Å². The first-order chi connectivity index (χ1) is 7.65. The lowest BCUT2D eigenvalue weighted by Gasteiger charge is -2.20. The minimum Gasteiger partial charge on any atom is -0.480 e. The molecule has 1 amide bonds. The van der Waals surface area contributed by atoms with E-state index in [0.29, 0.717) is 6.42 Å². The fraction of sp³-hybridized carbons (Fsp3) is 0.833. The molecule has 16 heavy (non-hydrogen) atoms. The lowest BCUT2D eigenvalue weighted by atomic mass is 10.1. The van der Waals surface area contributed by atoms with E-state index in [0.717, 1.165) is 38.5 Å². The number of unbranched alkanes of at least 4 members (excludes halogenated alkanes) is 3. The number of hydrogen-bond acceptors (Lipinski definition) is 2. The number of aliphatic carboxylic acids is 1. The van der Waals surface area contributed by atoms with Crippen molar-refractivity contribution in [2.75, 3.05) is 6.54 Å². The molecular weight excluding hydrogens is 206 g/mol. The second-order valence-electron chi connectivity index (χ2n) is 4.46. The summed E-state index contributed by atoms with van der Waals surface area (Å²) in [5.41, 5.74) is 0. The van der Waals surface area contributed by atoms with Gasteiger partial charge in [-0.25, -0.2) is 0 Å². The van der Waals surface area contributed by atoms with Crippen LogP contribution in [-0.2, 0) is 9.59 Å². The van der Waals surface area contributed by atoms with Gasteiger partial charge in [0.05, 0.1) is 0 Å². The zero-order valence-corrected chi connectivity index (χ0v) is 9.95. The van der Waals surface area contributed by atoms with Crippen LogP contribution in [0.2, 0.25) is 0 Å². The summed E-state index contributed by atoms with van der Waals surface area (Å²) in [5.74, 6) is -0.894. The van der Waals surface area contributed by atoms with Crippen LogP contribution in [0.4, 0.5) is 0 Å². The summed E-state index contributed by atoms with van der Waals surface area (Å²) in [6.45, 7) is 2.00. The van der Waals surface area contributed by atoms with Crippen LogP contribution in [0, 0.1) is 0 Å². The number of hydrogen-bond donors (Lipinski definition) is 1. The number of carboxylic acids is 1. The maximum Gasteiger partial charge on any atom is 0.323 e. The van der Waals surface area contributed by atoms with Crippen molar-refractivity contribution in [3.8, 4) is 0 Å². The Labute approximate surface area is 96.6 Å². The third kappa shape index (κ3) is 4.64. The molecule has 0 unspecified atom stereocenters. The van der Waals surface area contributed by atoms with Gasteiger partial charge in [0.1, 0.15) is 6.54 Å². The van der Waals surface area contributed by atoms with E-state index >= 15 is 0 Å². The van der Waals surface area contributed by atoms with Crippen molar-refractivity contribution in [3.05, 3.63) is 0 Å². The van der Waals surface area contributed by atoms with Crippen molar-refractivity contribution >= 4 is 11.9 Å². The molecule has 1 aliphatic rings. The largest absolute Gasteiger partial charge is 0.480 e. The Balaban J connectivity index is 2.27. The number of amides is 1. The van der Waals surface area contributed by atoms with Crippen molar-refractivity contribution < 1.29 is 14.7 Å². The topological polar surface area (TPSA) is 57.6 Å². The molecule has 0 bridgehead atoms. The van der Waals surface area contributed by atoms with Gasteiger partial charge in [0.2, 0.25) is 5.91 Å². The SMILES string of the molecule is CCCCCCC(=O)N(CC(=O)O)C1CC1. The Bertz CT molecular complexity index is 249. The molecule has 0 heterocycles. The van der Waals surface area contributed by atoms with E-state index in [1.807, 2.05) is 0 Å². The normalized spacial score (nSPS) is 14.8. The van der Waals surface area contributed by atoms with Gasteiger partial charge in [-0.3, -0.25) is 9.59 Å². The summed E-state index contributed by atoms with van der Waals surface area (Å²) in [5, 5.41) is 8.73. The Hall–Kier alpha value is -1.06. The maximum absolute atomic E-state index is 11.8. The van der Waals surface area contributed by atoms with Crippen molar-refractivity contribution in [1.82, 2.24) is 4.90 Å². The molecule has 0 aromatic rings. The van der Waals surface area contributed by atoms with E-state index in [-0.39, 0.29) is 18.5 Å². The third-order valence-corrected chi connectivity index (χ3v) is 2.86. The Morgan fingerprint density at radius 3 is 2.44 bits per heavy atom. The molecule has 4 nitrogen and oxygen atoms in total. The lowest BCUT2D eigenvalue weighted by molar-refractivity contribution is -0.145. The number of carboxylic acid groups (broad SMARTS) is 1. The monoisotopic (exact) mass is 227 g/mol. The van der Waals surface area contributed by atoms with Gasteiger partial charge in [0, 0.05) is 12.5 Å². The summed E-state index contributed by atoms with van der Waals surface area (Å²) in [6.07, 6.45) is 6.68. The van der Waals surface area contributed by atoms with Crippen LogP contribution in [0.3, 0.4) is 0 Å². The molecule has 0 aliphatic heterocycles. The summed E-state index contributed by atoms with van der Waals surface area (Å²) in [7, 11) is 0. The van der Waals surface area contributed by atoms with E-state index in [9.17, 15) is 9.59 Å². The van der Waals surface area contributed by atoms with Crippen LogP contribution in [0.15, 0.2) is 0 Å². The van der Waals surface area contributed by atoms with Crippen LogP contribution in [0.1, 0.15) is 51.9 Å². The number of rotatable bonds is 8. The van der Waals surface area contributed by atoms with Crippen molar-refractivity contribution in [2.24, 2.45) is 0 Å². The molecule has 1 saturated carbocycles. The van der Waals surface area contributed by atoms with Gasteiger partial charge in [-0.05, 0) is 19.3 Å². The minimum atomic E-state index is -0.909. The molecule has 1 fully saturated rings. The number of nitrogens with zero attached hydrogens (tertiary/aromatic N) is 1. The highest BCUT2D eigenvalue weighted by molar-refractivity contribution is 5.81. The molecule has 92 valence electrons.